The predicted octanol–water partition coefficient (Wildman–Crippen LogP) is 2.09. The van der Waals surface area contributed by atoms with Crippen LogP contribution < -0.4 is 0 Å². The Morgan fingerprint density at radius 3 is 2.96 bits per heavy atom. The van der Waals surface area contributed by atoms with Crippen LogP contribution in [-0.4, -0.2) is 51.7 Å². The second-order valence-electron chi connectivity index (χ2n) is 6.76. The number of ether oxygens (including phenoxy) is 1. The van der Waals surface area contributed by atoms with E-state index in [4.69, 9.17) is 9.26 Å². The first kappa shape index (κ1) is 16.2. The zero-order valence-electron chi connectivity index (χ0n) is 14.1. The van der Waals surface area contributed by atoms with E-state index in [-0.39, 0.29) is 5.91 Å². The van der Waals surface area contributed by atoms with E-state index in [1.165, 1.54) is 0 Å². The molecule has 1 saturated carbocycles. The number of nitrogens with zero attached hydrogens (tertiary/aromatic N) is 4. The molecule has 2 aromatic rings. The lowest BCUT2D eigenvalue weighted by Gasteiger charge is -2.25. The van der Waals surface area contributed by atoms with Crippen LogP contribution in [0.25, 0.3) is 11.4 Å². The summed E-state index contributed by atoms with van der Waals surface area (Å²) in [5, 5.41) is 3.97. The Morgan fingerprint density at radius 2 is 2.24 bits per heavy atom. The molecule has 0 N–H and O–H groups in total. The van der Waals surface area contributed by atoms with Gasteiger partial charge in [0.1, 0.15) is 0 Å². The van der Waals surface area contributed by atoms with E-state index in [1.54, 1.807) is 12.4 Å². The Morgan fingerprint density at radius 1 is 1.32 bits per heavy atom. The summed E-state index contributed by atoms with van der Waals surface area (Å²) < 4.78 is 10.7. The lowest BCUT2D eigenvalue weighted by Crippen LogP contribution is -2.37. The average Bonchev–Trinajstić information content (AvgIpc) is 3.16. The summed E-state index contributed by atoms with van der Waals surface area (Å²) in [4.78, 5) is 23.1. The van der Waals surface area contributed by atoms with Crippen LogP contribution in [0.1, 0.15) is 31.6 Å². The van der Waals surface area contributed by atoms with Gasteiger partial charge in [-0.15, -0.1) is 0 Å². The second kappa shape index (κ2) is 7.31. The van der Waals surface area contributed by atoms with Crippen LogP contribution in [0.5, 0.6) is 0 Å². The fraction of sp³-hybridized carbons (Fsp3) is 0.556. The van der Waals surface area contributed by atoms with Crippen LogP contribution in [0.15, 0.2) is 29.0 Å². The summed E-state index contributed by atoms with van der Waals surface area (Å²) >= 11 is 0. The van der Waals surface area contributed by atoms with Gasteiger partial charge >= 0.3 is 0 Å². The Kier molecular flexibility index (Phi) is 4.74. The predicted molar refractivity (Wildman–Crippen MR) is 89.5 cm³/mol. The lowest BCUT2D eigenvalue weighted by atomic mass is 10.1. The third kappa shape index (κ3) is 4.04. The molecule has 132 valence electrons. The number of amides is 1. The minimum Gasteiger partial charge on any atom is -0.381 e. The van der Waals surface area contributed by atoms with Crippen molar-refractivity contribution in [2.24, 2.45) is 5.92 Å². The van der Waals surface area contributed by atoms with Crippen molar-refractivity contribution in [3.8, 4) is 11.4 Å². The molecule has 2 fully saturated rings. The zero-order valence-corrected chi connectivity index (χ0v) is 14.1. The summed E-state index contributed by atoms with van der Waals surface area (Å²) in [6.45, 7) is 2.40. The van der Waals surface area contributed by atoms with Crippen LogP contribution in [0.3, 0.4) is 0 Å². The van der Waals surface area contributed by atoms with Gasteiger partial charge in [0.25, 0.3) is 0 Å². The fourth-order valence-electron chi connectivity index (χ4n) is 3.17. The van der Waals surface area contributed by atoms with Crippen molar-refractivity contribution >= 4 is 5.91 Å². The van der Waals surface area contributed by atoms with Crippen LogP contribution >= 0.6 is 0 Å². The summed E-state index contributed by atoms with van der Waals surface area (Å²) in [7, 11) is 0. The number of carbonyl (C=O) groups excluding carboxylic acids is 1. The van der Waals surface area contributed by atoms with Gasteiger partial charge in [0.05, 0.1) is 6.61 Å². The molecule has 7 nitrogen and oxygen atoms in total. The average molecular weight is 342 g/mol. The highest BCUT2D eigenvalue weighted by atomic mass is 16.5. The number of hydrogen-bond acceptors (Lipinski definition) is 6. The molecular formula is C18H22N4O3. The molecule has 0 unspecified atom stereocenters. The van der Waals surface area contributed by atoms with Gasteiger partial charge in [-0.1, -0.05) is 5.16 Å². The minimum atomic E-state index is 0.176. The van der Waals surface area contributed by atoms with Crippen molar-refractivity contribution in [2.45, 2.75) is 38.1 Å². The van der Waals surface area contributed by atoms with E-state index in [0.717, 1.165) is 44.6 Å². The molecule has 0 radical (unpaired) electrons. The Hall–Kier alpha value is -2.28. The first-order chi connectivity index (χ1) is 12.3. The maximum Gasteiger partial charge on any atom is 0.227 e. The van der Waals surface area contributed by atoms with Crippen molar-refractivity contribution in [1.82, 2.24) is 20.0 Å². The van der Waals surface area contributed by atoms with Crippen molar-refractivity contribution in [1.29, 1.82) is 0 Å². The van der Waals surface area contributed by atoms with E-state index in [0.29, 0.717) is 36.5 Å². The molecule has 1 aliphatic heterocycles. The Balaban J connectivity index is 1.33. The lowest BCUT2D eigenvalue weighted by molar-refractivity contribution is -0.132. The van der Waals surface area contributed by atoms with Gasteiger partial charge in [0.2, 0.25) is 17.6 Å². The van der Waals surface area contributed by atoms with E-state index < -0.39 is 0 Å². The number of aryl methyl sites for hydroxylation is 1. The second-order valence-corrected chi connectivity index (χ2v) is 6.76. The van der Waals surface area contributed by atoms with Crippen molar-refractivity contribution < 1.29 is 14.1 Å². The SMILES string of the molecule is O=C(CCc1nc(-c2cccnc2)no1)N(C[C@H]1CCOC1)C1CC1. The minimum absolute atomic E-state index is 0.176. The molecule has 0 spiro atoms. The molecular weight excluding hydrogens is 320 g/mol. The van der Waals surface area contributed by atoms with Crippen LogP contribution in [-0.2, 0) is 16.0 Å². The molecule has 3 heterocycles. The molecule has 4 rings (SSSR count). The van der Waals surface area contributed by atoms with Gasteiger partial charge in [-0.3, -0.25) is 9.78 Å². The number of aromatic nitrogens is 3. The maximum absolute atomic E-state index is 12.6. The Bertz CT molecular complexity index is 708. The van der Waals surface area contributed by atoms with E-state index in [9.17, 15) is 4.79 Å². The highest BCUT2D eigenvalue weighted by Crippen LogP contribution is 2.29. The summed E-state index contributed by atoms with van der Waals surface area (Å²) in [5.74, 6) is 1.66. The quantitative estimate of drug-likeness (QED) is 0.766. The summed E-state index contributed by atoms with van der Waals surface area (Å²) in [5.41, 5.74) is 0.810. The van der Waals surface area contributed by atoms with Gasteiger partial charge < -0.3 is 14.2 Å². The first-order valence-corrected chi connectivity index (χ1v) is 8.90. The molecule has 1 saturated heterocycles. The standard InChI is InChI=1S/C18H22N4O3/c23-17(22(15-3-4-15)11-13-7-9-24-12-13)6-5-16-20-18(21-25-16)14-2-1-8-19-10-14/h1-2,8,10,13,15H,3-7,9,11-12H2/t13-/m1/s1. The first-order valence-electron chi connectivity index (χ1n) is 8.90. The monoisotopic (exact) mass is 342 g/mol. The van der Waals surface area contributed by atoms with Gasteiger partial charge in [-0.2, -0.15) is 4.98 Å². The summed E-state index contributed by atoms with van der Waals surface area (Å²) in [6, 6.07) is 4.13. The van der Waals surface area contributed by atoms with Gasteiger partial charge in [0.15, 0.2) is 0 Å². The molecule has 2 aliphatic rings. The highest BCUT2D eigenvalue weighted by molar-refractivity contribution is 5.77. The fourth-order valence-corrected chi connectivity index (χ4v) is 3.17. The van der Waals surface area contributed by atoms with Crippen molar-refractivity contribution in [2.75, 3.05) is 19.8 Å². The van der Waals surface area contributed by atoms with Crippen molar-refractivity contribution in [3.63, 3.8) is 0 Å². The third-order valence-corrected chi connectivity index (χ3v) is 4.73. The number of pyridine rings is 1. The van der Waals surface area contributed by atoms with E-state index >= 15 is 0 Å². The van der Waals surface area contributed by atoms with Gasteiger partial charge in [-0.05, 0) is 31.4 Å². The normalized spacial score (nSPS) is 19.9. The van der Waals surface area contributed by atoms with Crippen LogP contribution in [0, 0.1) is 5.92 Å². The third-order valence-electron chi connectivity index (χ3n) is 4.73. The number of rotatable bonds is 7. The molecule has 1 amide bonds. The van der Waals surface area contributed by atoms with E-state index in [1.807, 2.05) is 17.0 Å². The highest BCUT2D eigenvalue weighted by Gasteiger charge is 2.34. The molecule has 0 aromatic carbocycles. The smallest absolute Gasteiger partial charge is 0.227 e. The number of hydrogen-bond donors (Lipinski definition) is 0. The zero-order chi connectivity index (χ0) is 17.1. The molecule has 1 atom stereocenters. The largest absolute Gasteiger partial charge is 0.381 e. The van der Waals surface area contributed by atoms with Crippen LogP contribution in [0.4, 0.5) is 0 Å². The molecule has 0 bridgehead atoms. The molecule has 25 heavy (non-hydrogen) atoms. The number of carbonyl (C=O) groups is 1. The van der Waals surface area contributed by atoms with E-state index in [2.05, 4.69) is 15.1 Å². The van der Waals surface area contributed by atoms with Crippen LogP contribution in [0.2, 0.25) is 0 Å². The van der Waals surface area contributed by atoms with Gasteiger partial charge in [0, 0.05) is 55.9 Å². The Labute approximate surface area is 146 Å². The topological polar surface area (TPSA) is 81.3 Å². The maximum atomic E-state index is 12.6. The van der Waals surface area contributed by atoms with Gasteiger partial charge in [-0.25, -0.2) is 0 Å². The summed E-state index contributed by atoms with van der Waals surface area (Å²) in [6.07, 6.45) is 7.54. The van der Waals surface area contributed by atoms with Crippen molar-refractivity contribution in [3.05, 3.63) is 30.4 Å². The molecule has 1 aliphatic carbocycles. The molecule has 7 heteroatoms. The molecule has 2 aromatic heterocycles.